The number of halogens is 4. The van der Waals surface area contributed by atoms with Crippen LogP contribution in [0.15, 0.2) is 34.1 Å². The predicted octanol–water partition coefficient (Wildman–Crippen LogP) is 4.35. The van der Waals surface area contributed by atoms with Gasteiger partial charge in [-0.3, -0.25) is 0 Å². The van der Waals surface area contributed by atoms with Crippen molar-refractivity contribution in [3.05, 3.63) is 34.7 Å². The number of benzene rings is 1. The molecule has 16 heavy (non-hydrogen) atoms. The molecule has 6 heteroatoms. The first-order chi connectivity index (χ1) is 7.29. The third kappa shape index (κ3) is 3.92. The first-order valence-electron chi connectivity index (χ1n) is 4.67. The molecule has 0 spiro atoms. The van der Waals surface area contributed by atoms with Crippen LogP contribution < -0.4 is 0 Å². The third-order valence-electron chi connectivity index (χ3n) is 2.19. The summed E-state index contributed by atoms with van der Waals surface area (Å²) in [6.07, 6.45) is 4.63. The maximum atomic E-state index is 9.75. The summed E-state index contributed by atoms with van der Waals surface area (Å²) in [6.45, 7) is 2.23. The van der Waals surface area contributed by atoms with Gasteiger partial charge >= 0.3 is 7.25 Å². The van der Waals surface area contributed by atoms with Crippen LogP contribution in [0.4, 0.5) is 17.3 Å². The van der Waals surface area contributed by atoms with Gasteiger partial charge in [-0.15, -0.1) is 0 Å². The number of thiol groups is 1. The number of hydrogen-bond acceptors (Lipinski definition) is 0. The highest BCUT2D eigenvalue weighted by atomic mass is 32.2. The van der Waals surface area contributed by atoms with Gasteiger partial charge in [0.05, 0.1) is 0 Å². The molecule has 0 N–H and O–H groups in total. The SMILES string of the molecule is CC1=Cc2ccccc2[SH]1C.F[B-](F)(F)F. The molecule has 1 aliphatic rings. The molecule has 0 aliphatic carbocycles. The summed E-state index contributed by atoms with van der Waals surface area (Å²) in [5.74, 6) is 0. The molecule has 0 fully saturated rings. The molecule has 1 aliphatic heterocycles. The zero-order valence-electron chi connectivity index (χ0n) is 8.92. The van der Waals surface area contributed by atoms with E-state index in [0.717, 1.165) is 0 Å². The van der Waals surface area contributed by atoms with E-state index in [1.165, 1.54) is 5.56 Å². The van der Waals surface area contributed by atoms with Crippen molar-refractivity contribution >= 4 is 24.2 Å². The fourth-order valence-corrected chi connectivity index (χ4v) is 2.98. The Balaban J connectivity index is 0.000000221. The Morgan fingerprint density at radius 3 is 2.06 bits per heavy atom. The van der Waals surface area contributed by atoms with E-state index in [9.17, 15) is 17.3 Å². The lowest BCUT2D eigenvalue weighted by molar-refractivity contribution is 0.368. The van der Waals surface area contributed by atoms with Crippen LogP contribution in [-0.2, 0) is 0 Å². The standard InChI is InChI=1S/C10H12S.BF4/c1-8-7-9-5-3-4-6-10(9)11(8)2;2-1(3,4)5/h3-7,11H,1-2H3;/q;-1. The number of fused-ring (bicyclic) bond motifs is 1. The summed E-state index contributed by atoms with van der Waals surface area (Å²) in [6, 6.07) is 8.68. The van der Waals surface area contributed by atoms with Crippen LogP contribution in [0.1, 0.15) is 12.5 Å². The van der Waals surface area contributed by atoms with Gasteiger partial charge in [0.2, 0.25) is 0 Å². The zero-order valence-corrected chi connectivity index (χ0v) is 9.82. The number of allylic oxidation sites excluding steroid dienone is 1. The Kier molecular flexibility index (Phi) is 4.07. The highest BCUT2D eigenvalue weighted by Gasteiger charge is 2.20. The van der Waals surface area contributed by atoms with Crippen molar-refractivity contribution in [3.8, 4) is 0 Å². The summed E-state index contributed by atoms with van der Waals surface area (Å²) in [4.78, 5) is 3.08. The molecular formula is C10H12BF4S-. The molecule has 1 unspecified atom stereocenters. The maximum absolute atomic E-state index is 9.75. The largest absolute Gasteiger partial charge is 0.673 e. The van der Waals surface area contributed by atoms with Crippen LogP contribution in [0.3, 0.4) is 0 Å². The van der Waals surface area contributed by atoms with Crippen molar-refractivity contribution in [1.29, 1.82) is 0 Å². The Hall–Kier alpha value is -0.905. The number of rotatable bonds is 0. The molecule has 0 aromatic heterocycles. The lowest BCUT2D eigenvalue weighted by Gasteiger charge is -2.11. The van der Waals surface area contributed by atoms with Crippen molar-refractivity contribution in [2.45, 2.75) is 11.8 Å². The summed E-state index contributed by atoms with van der Waals surface area (Å²) < 4.78 is 39.0. The van der Waals surface area contributed by atoms with Gasteiger partial charge < -0.3 is 17.3 Å². The molecule has 0 amide bonds. The van der Waals surface area contributed by atoms with E-state index in [-0.39, 0.29) is 10.9 Å². The highest BCUT2D eigenvalue weighted by Crippen LogP contribution is 2.48. The van der Waals surface area contributed by atoms with Crippen LogP contribution in [0.5, 0.6) is 0 Å². The quantitative estimate of drug-likeness (QED) is 0.395. The Morgan fingerprint density at radius 2 is 1.56 bits per heavy atom. The van der Waals surface area contributed by atoms with Crippen LogP contribution >= 0.6 is 10.9 Å². The van der Waals surface area contributed by atoms with Gasteiger partial charge in [0.25, 0.3) is 0 Å². The average Bonchev–Trinajstić information content (AvgIpc) is 2.41. The van der Waals surface area contributed by atoms with Gasteiger partial charge in [-0.1, -0.05) is 18.2 Å². The molecule has 1 atom stereocenters. The minimum absolute atomic E-state index is 0.0190. The van der Waals surface area contributed by atoms with E-state index >= 15 is 0 Å². The fourth-order valence-electron chi connectivity index (χ4n) is 1.43. The molecular weight excluding hydrogens is 239 g/mol. The van der Waals surface area contributed by atoms with E-state index in [0.29, 0.717) is 0 Å². The normalized spacial score (nSPS) is 20.6. The summed E-state index contributed by atoms with van der Waals surface area (Å²) in [5.41, 5.74) is 1.43. The Labute approximate surface area is 94.8 Å². The second kappa shape index (κ2) is 4.95. The minimum atomic E-state index is -6.00. The first kappa shape index (κ1) is 13.2. The van der Waals surface area contributed by atoms with Gasteiger partial charge in [-0.2, -0.15) is 0 Å². The lowest BCUT2D eigenvalue weighted by atomic mass is 10.2. The van der Waals surface area contributed by atoms with Crippen LogP contribution in [0.2, 0.25) is 0 Å². The molecule has 1 aromatic rings. The Bertz CT molecular complexity index is 394. The third-order valence-corrected chi connectivity index (χ3v) is 4.51. The van der Waals surface area contributed by atoms with E-state index in [1.807, 2.05) is 0 Å². The van der Waals surface area contributed by atoms with Crippen LogP contribution in [-0.4, -0.2) is 13.5 Å². The van der Waals surface area contributed by atoms with Crippen molar-refractivity contribution in [1.82, 2.24) is 0 Å². The molecule has 0 bridgehead atoms. The van der Waals surface area contributed by atoms with Gasteiger partial charge in [-0.25, -0.2) is 10.9 Å². The molecule has 1 aromatic carbocycles. The molecule has 1 heterocycles. The summed E-state index contributed by atoms with van der Waals surface area (Å²) >= 11 is 0. The van der Waals surface area contributed by atoms with Crippen molar-refractivity contribution in [2.75, 3.05) is 6.26 Å². The smallest absolute Gasteiger partial charge is 0.418 e. The zero-order chi connectivity index (χ0) is 12.3. The van der Waals surface area contributed by atoms with Crippen LogP contribution in [0, 0.1) is 0 Å². The van der Waals surface area contributed by atoms with Crippen LogP contribution in [0.25, 0.3) is 6.08 Å². The van der Waals surface area contributed by atoms with E-state index in [2.05, 4.69) is 43.5 Å². The lowest BCUT2D eigenvalue weighted by Crippen LogP contribution is -2.02. The highest BCUT2D eigenvalue weighted by molar-refractivity contribution is 8.20. The Morgan fingerprint density at radius 1 is 1.06 bits per heavy atom. The summed E-state index contributed by atoms with van der Waals surface area (Å²) in [7, 11) is -5.98. The maximum Gasteiger partial charge on any atom is 0.673 e. The topological polar surface area (TPSA) is 0 Å². The second-order valence-electron chi connectivity index (χ2n) is 3.40. The van der Waals surface area contributed by atoms with Gasteiger partial charge in [0, 0.05) is 0 Å². The predicted molar refractivity (Wildman–Crippen MR) is 63.5 cm³/mol. The van der Waals surface area contributed by atoms with Gasteiger partial charge in [-0.05, 0) is 40.7 Å². The molecule has 2 rings (SSSR count). The van der Waals surface area contributed by atoms with E-state index in [4.69, 9.17) is 0 Å². The minimum Gasteiger partial charge on any atom is -0.418 e. The summed E-state index contributed by atoms with van der Waals surface area (Å²) in [5, 5.41) is 0. The molecule has 0 saturated heterocycles. The van der Waals surface area contributed by atoms with E-state index in [1.54, 1.807) is 9.80 Å². The van der Waals surface area contributed by atoms with Crippen molar-refractivity contribution in [3.63, 3.8) is 0 Å². The van der Waals surface area contributed by atoms with Crippen molar-refractivity contribution < 1.29 is 17.3 Å². The van der Waals surface area contributed by atoms with Gasteiger partial charge in [0.1, 0.15) is 0 Å². The molecule has 0 nitrogen and oxygen atoms in total. The fraction of sp³-hybridized carbons (Fsp3) is 0.200. The second-order valence-corrected chi connectivity index (χ2v) is 5.70. The van der Waals surface area contributed by atoms with E-state index < -0.39 is 7.25 Å². The first-order valence-corrected chi connectivity index (χ1v) is 6.46. The van der Waals surface area contributed by atoms with Gasteiger partial charge in [0.15, 0.2) is 0 Å². The molecule has 0 saturated carbocycles. The molecule has 0 radical (unpaired) electrons. The molecule has 90 valence electrons. The average molecular weight is 251 g/mol. The number of hydrogen-bond donors (Lipinski definition) is 1. The monoisotopic (exact) mass is 251 g/mol. The van der Waals surface area contributed by atoms with Crippen molar-refractivity contribution in [2.24, 2.45) is 0 Å².